The molecule has 4 heterocycles. The lowest BCUT2D eigenvalue weighted by atomic mass is 10.0. The van der Waals surface area contributed by atoms with Gasteiger partial charge in [0.25, 0.3) is 5.56 Å². The number of anilines is 1. The largest absolute Gasteiger partial charge is 0.475 e. The van der Waals surface area contributed by atoms with E-state index in [-0.39, 0.29) is 23.9 Å². The van der Waals surface area contributed by atoms with Crippen molar-refractivity contribution in [1.29, 1.82) is 0 Å². The minimum Gasteiger partial charge on any atom is -0.475 e. The molecule has 3 aromatic rings. The first kappa shape index (κ1) is 24.1. The zero-order chi connectivity index (χ0) is 25.7. The second-order valence-corrected chi connectivity index (χ2v) is 11.1. The number of benzene rings is 2. The summed E-state index contributed by atoms with van der Waals surface area (Å²) in [6, 6.07) is 12.0. The summed E-state index contributed by atoms with van der Waals surface area (Å²) in [6.45, 7) is 7.48. The third-order valence-electron chi connectivity index (χ3n) is 7.32. The molecule has 0 spiro atoms. The Hall–Kier alpha value is -3.23. The number of pyridine rings is 1. The van der Waals surface area contributed by atoms with E-state index in [9.17, 15) is 4.79 Å². The third kappa shape index (κ3) is 4.64. The molecule has 1 fully saturated rings. The summed E-state index contributed by atoms with van der Waals surface area (Å²) < 4.78 is 18.6. The van der Waals surface area contributed by atoms with E-state index in [1.54, 1.807) is 11.6 Å². The Kier molecular flexibility index (Phi) is 6.04. The Balaban J connectivity index is 1.26. The van der Waals surface area contributed by atoms with Crippen LogP contribution in [0, 0.1) is 0 Å². The van der Waals surface area contributed by atoms with Crippen molar-refractivity contribution >= 4 is 34.1 Å². The third-order valence-corrected chi connectivity index (χ3v) is 7.55. The predicted octanol–water partition coefficient (Wildman–Crippen LogP) is 4.55. The van der Waals surface area contributed by atoms with Gasteiger partial charge in [-0.2, -0.15) is 0 Å². The highest BCUT2D eigenvalue weighted by atomic mass is 35.5. The first-order valence-corrected chi connectivity index (χ1v) is 13.1. The van der Waals surface area contributed by atoms with E-state index < -0.39 is 0 Å². The van der Waals surface area contributed by atoms with Crippen LogP contribution in [-0.4, -0.2) is 53.4 Å². The first-order valence-electron chi connectivity index (χ1n) is 12.7. The molecule has 194 valence electrons. The van der Waals surface area contributed by atoms with Gasteiger partial charge in [-0.15, -0.1) is 0 Å². The molecular formula is C28H31ClN4O4. The van der Waals surface area contributed by atoms with Crippen molar-refractivity contribution in [2.75, 3.05) is 31.8 Å². The average Bonchev–Trinajstić information content (AvgIpc) is 3.49. The van der Waals surface area contributed by atoms with Crippen LogP contribution in [0.15, 0.2) is 46.2 Å². The number of aryl methyl sites for hydroxylation is 1. The van der Waals surface area contributed by atoms with Gasteiger partial charge in [-0.25, -0.2) is 4.99 Å². The summed E-state index contributed by atoms with van der Waals surface area (Å²) >= 11 is 6.41. The maximum atomic E-state index is 13.6. The van der Waals surface area contributed by atoms with Crippen molar-refractivity contribution in [3.8, 4) is 11.5 Å². The van der Waals surface area contributed by atoms with E-state index in [1.165, 1.54) is 5.56 Å². The fraction of sp³-hybridized carbons (Fsp3) is 0.429. The van der Waals surface area contributed by atoms with E-state index >= 15 is 0 Å². The number of aliphatic imine (C=N–C) groups is 1. The molecule has 1 N–H and O–H groups in total. The SMILES string of the molecule is Cn1c(=O)c(C2=NC(C)(C)CO2)c(NC2CCN(Cc3ccc4c(c3)OCO4)CC2)c2cc(Cl)ccc21. The number of hydrogen-bond donors (Lipinski definition) is 1. The fourth-order valence-corrected chi connectivity index (χ4v) is 5.49. The minimum absolute atomic E-state index is 0.131. The van der Waals surface area contributed by atoms with Gasteiger partial charge in [0, 0.05) is 43.1 Å². The van der Waals surface area contributed by atoms with Gasteiger partial charge in [0.2, 0.25) is 12.7 Å². The quantitative estimate of drug-likeness (QED) is 0.529. The van der Waals surface area contributed by atoms with Crippen molar-refractivity contribution in [3.63, 3.8) is 0 Å². The van der Waals surface area contributed by atoms with E-state index in [2.05, 4.69) is 22.3 Å². The van der Waals surface area contributed by atoms with Crippen molar-refractivity contribution in [1.82, 2.24) is 9.47 Å². The molecule has 1 aromatic heterocycles. The molecule has 0 amide bonds. The lowest BCUT2D eigenvalue weighted by molar-refractivity contribution is 0.173. The highest BCUT2D eigenvalue weighted by Gasteiger charge is 2.32. The molecule has 6 rings (SSSR count). The number of rotatable bonds is 5. The number of aromatic nitrogens is 1. The Morgan fingerprint density at radius 3 is 2.62 bits per heavy atom. The molecule has 0 atom stereocenters. The average molecular weight is 523 g/mol. The van der Waals surface area contributed by atoms with Crippen LogP contribution in [0.1, 0.15) is 37.8 Å². The summed E-state index contributed by atoms with van der Waals surface area (Å²) in [5, 5.41) is 5.23. The van der Waals surface area contributed by atoms with Gasteiger partial charge in [0.05, 0.1) is 16.7 Å². The van der Waals surface area contributed by atoms with E-state index in [0.29, 0.717) is 23.1 Å². The Labute approximate surface area is 220 Å². The van der Waals surface area contributed by atoms with E-state index in [1.807, 2.05) is 38.1 Å². The van der Waals surface area contributed by atoms with Crippen LogP contribution in [0.4, 0.5) is 5.69 Å². The standard InChI is InChI=1S/C28H31ClN4O4/c1-28(2)15-35-26(31-28)24-25(20-13-18(29)5-6-21(20)32(3)27(24)34)30-19-8-10-33(11-9-19)14-17-4-7-22-23(12-17)37-16-36-22/h4-7,12-13,19,30H,8-11,14-16H2,1-3H3. The van der Waals surface area contributed by atoms with Gasteiger partial charge in [-0.05, 0) is 62.6 Å². The van der Waals surface area contributed by atoms with E-state index in [4.69, 9.17) is 30.8 Å². The van der Waals surface area contributed by atoms with Crippen LogP contribution in [-0.2, 0) is 18.3 Å². The monoisotopic (exact) mass is 522 g/mol. The van der Waals surface area contributed by atoms with Crippen LogP contribution >= 0.6 is 11.6 Å². The van der Waals surface area contributed by atoms with Crippen molar-refractivity contribution in [2.24, 2.45) is 12.0 Å². The summed E-state index contributed by atoms with van der Waals surface area (Å²) in [7, 11) is 1.78. The zero-order valence-electron chi connectivity index (χ0n) is 21.3. The van der Waals surface area contributed by atoms with E-state index in [0.717, 1.165) is 60.6 Å². The second kappa shape index (κ2) is 9.26. The molecule has 37 heavy (non-hydrogen) atoms. The number of nitrogens with zero attached hydrogens (tertiary/aromatic N) is 3. The first-order chi connectivity index (χ1) is 17.8. The highest BCUT2D eigenvalue weighted by Crippen LogP contribution is 2.34. The van der Waals surface area contributed by atoms with Gasteiger partial charge >= 0.3 is 0 Å². The van der Waals surface area contributed by atoms with Crippen LogP contribution in [0.3, 0.4) is 0 Å². The molecule has 0 unspecified atom stereocenters. The fourth-order valence-electron chi connectivity index (χ4n) is 5.32. The van der Waals surface area contributed by atoms with Gasteiger partial charge in [-0.1, -0.05) is 17.7 Å². The molecular weight excluding hydrogens is 492 g/mol. The number of halogens is 1. The summed E-state index contributed by atoms with van der Waals surface area (Å²) in [5.74, 6) is 2.02. The van der Waals surface area contributed by atoms with Crippen LogP contribution in [0.25, 0.3) is 10.9 Å². The van der Waals surface area contributed by atoms with Crippen LogP contribution < -0.4 is 20.3 Å². The number of piperidine rings is 1. The van der Waals surface area contributed by atoms with Gasteiger partial charge in [0.15, 0.2) is 11.5 Å². The maximum Gasteiger partial charge on any atom is 0.265 e. The molecule has 1 saturated heterocycles. The molecule has 0 saturated carbocycles. The second-order valence-electron chi connectivity index (χ2n) is 10.7. The lowest BCUT2D eigenvalue weighted by Gasteiger charge is -2.33. The zero-order valence-corrected chi connectivity index (χ0v) is 22.1. The Morgan fingerprint density at radius 1 is 1.08 bits per heavy atom. The number of hydrogen-bond acceptors (Lipinski definition) is 7. The molecule has 9 heteroatoms. The molecule has 8 nitrogen and oxygen atoms in total. The van der Waals surface area contributed by atoms with Crippen LogP contribution in [0.5, 0.6) is 11.5 Å². The normalized spacial score (nSPS) is 19.2. The maximum absolute atomic E-state index is 13.6. The molecule has 3 aliphatic rings. The van der Waals surface area contributed by atoms with Crippen molar-refractivity contribution in [2.45, 2.75) is 44.8 Å². The van der Waals surface area contributed by atoms with Gasteiger partial charge in [0.1, 0.15) is 12.2 Å². The number of likely N-dealkylation sites (tertiary alicyclic amines) is 1. The molecule has 0 aliphatic carbocycles. The lowest BCUT2D eigenvalue weighted by Crippen LogP contribution is -2.39. The highest BCUT2D eigenvalue weighted by molar-refractivity contribution is 6.31. The van der Waals surface area contributed by atoms with Crippen molar-refractivity contribution < 1.29 is 14.2 Å². The smallest absolute Gasteiger partial charge is 0.265 e. The molecule has 0 bridgehead atoms. The molecule has 2 aromatic carbocycles. The number of ether oxygens (including phenoxy) is 3. The van der Waals surface area contributed by atoms with Crippen molar-refractivity contribution in [3.05, 3.63) is 62.9 Å². The topological polar surface area (TPSA) is 77.3 Å². The number of nitrogens with one attached hydrogen (secondary N) is 1. The summed E-state index contributed by atoms with van der Waals surface area (Å²) in [5.41, 5.74) is 2.76. The minimum atomic E-state index is -0.374. The van der Waals surface area contributed by atoms with Gasteiger partial charge < -0.3 is 24.1 Å². The molecule has 3 aliphatic heterocycles. The number of fused-ring (bicyclic) bond motifs is 2. The Morgan fingerprint density at radius 2 is 1.86 bits per heavy atom. The summed E-state index contributed by atoms with van der Waals surface area (Å²) in [4.78, 5) is 20.8. The van der Waals surface area contributed by atoms with Crippen LogP contribution in [0.2, 0.25) is 5.02 Å². The summed E-state index contributed by atoms with van der Waals surface area (Å²) in [6.07, 6.45) is 1.89. The molecule has 0 radical (unpaired) electrons. The predicted molar refractivity (Wildman–Crippen MR) is 145 cm³/mol. The Bertz CT molecular complexity index is 1460. The van der Waals surface area contributed by atoms with Gasteiger partial charge in [-0.3, -0.25) is 9.69 Å².